The van der Waals surface area contributed by atoms with Crippen LogP contribution < -0.4 is 4.90 Å². The van der Waals surface area contributed by atoms with Gasteiger partial charge in [0.1, 0.15) is 11.6 Å². The molecule has 0 N–H and O–H groups in total. The summed E-state index contributed by atoms with van der Waals surface area (Å²) in [5.74, 6) is 0.318. The molecule has 0 aliphatic carbocycles. The van der Waals surface area contributed by atoms with Crippen LogP contribution in [0, 0.1) is 11.3 Å². The second-order valence-corrected chi connectivity index (χ2v) is 5.28. The number of ether oxygens (including phenoxy) is 1. The Morgan fingerprint density at radius 2 is 1.83 bits per heavy atom. The average molecular weight is 320 g/mol. The van der Waals surface area contributed by atoms with Crippen LogP contribution in [0.25, 0.3) is 6.08 Å². The van der Waals surface area contributed by atoms with Gasteiger partial charge in [0.25, 0.3) is 0 Å². The van der Waals surface area contributed by atoms with Gasteiger partial charge in [-0.3, -0.25) is 4.79 Å². The third-order valence-electron chi connectivity index (χ3n) is 3.66. The fourth-order valence-corrected chi connectivity index (χ4v) is 2.39. The highest BCUT2D eigenvalue weighted by Gasteiger charge is 2.14. The van der Waals surface area contributed by atoms with Gasteiger partial charge < -0.3 is 9.64 Å². The molecule has 1 fully saturated rings. The van der Waals surface area contributed by atoms with Crippen LogP contribution >= 0.6 is 0 Å². The van der Waals surface area contributed by atoms with Gasteiger partial charge in [-0.25, -0.2) is 9.97 Å². The Balaban J connectivity index is 1.78. The Labute approximate surface area is 140 Å². The first-order valence-corrected chi connectivity index (χ1v) is 7.64. The minimum atomic E-state index is -0.310. The smallest absolute Gasteiger partial charge is 0.225 e. The van der Waals surface area contributed by atoms with E-state index in [1.807, 2.05) is 17.0 Å². The number of rotatable bonds is 4. The van der Waals surface area contributed by atoms with Crippen molar-refractivity contribution < 1.29 is 9.53 Å². The number of benzene rings is 1. The molecule has 2 heterocycles. The second kappa shape index (κ2) is 7.49. The third-order valence-corrected chi connectivity index (χ3v) is 3.66. The Hall–Kier alpha value is -3.04. The lowest BCUT2D eigenvalue weighted by Crippen LogP contribution is -2.37. The number of carbonyl (C=O) groups excluding carboxylic acids is 1. The lowest BCUT2D eigenvalue weighted by atomic mass is 10.0. The molecule has 0 amide bonds. The number of allylic oxidation sites excluding steroid dienone is 1. The summed E-state index contributed by atoms with van der Waals surface area (Å²) < 4.78 is 5.30. The Morgan fingerprint density at radius 3 is 2.46 bits per heavy atom. The van der Waals surface area contributed by atoms with E-state index in [2.05, 4.69) is 9.97 Å². The number of anilines is 1. The molecule has 0 bridgehead atoms. The van der Waals surface area contributed by atoms with Crippen LogP contribution in [0.15, 0.2) is 48.3 Å². The fraction of sp³-hybridized carbons (Fsp3) is 0.222. The molecule has 1 aliphatic heterocycles. The van der Waals surface area contributed by atoms with E-state index < -0.39 is 0 Å². The largest absolute Gasteiger partial charge is 0.378 e. The van der Waals surface area contributed by atoms with Crippen LogP contribution in [0.1, 0.15) is 15.9 Å². The summed E-state index contributed by atoms with van der Waals surface area (Å²) in [4.78, 5) is 23.0. The van der Waals surface area contributed by atoms with Crippen molar-refractivity contribution in [3.05, 3.63) is 59.4 Å². The lowest BCUT2D eigenvalue weighted by molar-refractivity contribution is 0.104. The van der Waals surface area contributed by atoms with E-state index in [1.165, 1.54) is 6.08 Å². The number of hydrogen-bond acceptors (Lipinski definition) is 6. The van der Waals surface area contributed by atoms with Crippen molar-refractivity contribution in [3.63, 3.8) is 0 Å². The van der Waals surface area contributed by atoms with E-state index in [0.29, 0.717) is 30.3 Å². The Morgan fingerprint density at radius 1 is 1.17 bits per heavy atom. The zero-order chi connectivity index (χ0) is 16.8. The molecule has 6 nitrogen and oxygen atoms in total. The molecule has 24 heavy (non-hydrogen) atoms. The molecule has 6 heteroatoms. The van der Waals surface area contributed by atoms with E-state index in [1.54, 1.807) is 36.7 Å². The van der Waals surface area contributed by atoms with Crippen molar-refractivity contribution >= 4 is 17.8 Å². The highest BCUT2D eigenvalue weighted by atomic mass is 16.5. The maximum atomic E-state index is 12.3. The standard InChI is InChI=1S/C18H16N4O2/c19-11-16(17(23)15-4-2-1-3-5-15)10-14-12-20-18(21-13-14)22-6-8-24-9-7-22/h1-5,10,12-13H,6-9H2/b16-10-. The Kier molecular flexibility index (Phi) is 4.94. The molecule has 0 radical (unpaired) electrons. The molecule has 1 saturated heterocycles. The van der Waals surface area contributed by atoms with Gasteiger partial charge in [0.15, 0.2) is 0 Å². The molecular weight excluding hydrogens is 304 g/mol. The highest BCUT2D eigenvalue weighted by molar-refractivity contribution is 6.13. The maximum absolute atomic E-state index is 12.3. The van der Waals surface area contributed by atoms with Gasteiger partial charge in [-0.15, -0.1) is 0 Å². The molecule has 1 aromatic heterocycles. The molecule has 1 aromatic carbocycles. The quantitative estimate of drug-likeness (QED) is 0.488. The monoisotopic (exact) mass is 320 g/mol. The normalized spacial score (nSPS) is 15.0. The predicted octanol–water partition coefficient (Wildman–Crippen LogP) is 2.10. The third kappa shape index (κ3) is 3.65. The summed E-state index contributed by atoms with van der Waals surface area (Å²) in [5.41, 5.74) is 1.16. The topological polar surface area (TPSA) is 79.1 Å². The summed E-state index contributed by atoms with van der Waals surface area (Å²) >= 11 is 0. The fourth-order valence-electron chi connectivity index (χ4n) is 2.39. The van der Waals surface area contributed by atoms with Crippen molar-refractivity contribution in [3.8, 4) is 6.07 Å². The van der Waals surface area contributed by atoms with Crippen molar-refractivity contribution in [2.45, 2.75) is 0 Å². The number of nitriles is 1. The molecule has 0 atom stereocenters. The summed E-state index contributed by atoms with van der Waals surface area (Å²) in [6.07, 6.45) is 4.75. The molecule has 1 aliphatic rings. The minimum Gasteiger partial charge on any atom is -0.378 e. The van der Waals surface area contributed by atoms with E-state index in [0.717, 1.165) is 13.1 Å². The number of nitrogens with zero attached hydrogens (tertiary/aromatic N) is 4. The van der Waals surface area contributed by atoms with Crippen LogP contribution in [-0.2, 0) is 4.74 Å². The number of aromatic nitrogens is 2. The van der Waals surface area contributed by atoms with Crippen molar-refractivity contribution in [2.24, 2.45) is 0 Å². The van der Waals surface area contributed by atoms with Crippen molar-refractivity contribution in [1.82, 2.24) is 9.97 Å². The molecule has 2 aromatic rings. The first-order chi connectivity index (χ1) is 11.8. The lowest BCUT2D eigenvalue weighted by Gasteiger charge is -2.26. The number of morpholine rings is 1. The van der Waals surface area contributed by atoms with Gasteiger partial charge in [0.05, 0.1) is 13.2 Å². The van der Waals surface area contributed by atoms with E-state index in [-0.39, 0.29) is 11.4 Å². The van der Waals surface area contributed by atoms with Crippen LogP contribution in [0.5, 0.6) is 0 Å². The SMILES string of the molecule is N#C/C(=C/c1cnc(N2CCOCC2)nc1)C(=O)c1ccccc1. The maximum Gasteiger partial charge on any atom is 0.225 e. The first-order valence-electron chi connectivity index (χ1n) is 7.64. The van der Waals surface area contributed by atoms with E-state index in [9.17, 15) is 10.1 Å². The van der Waals surface area contributed by atoms with Crippen molar-refractivity contribution in [1.29, 1.82) is 5.26 Å². The van der Waals surface area contributed by atoms with Crippen LogP contribution in [0.4, 0.5) is 5.95 Å². The molecule has 0 saturated carbocycles. The number of hydrogen-bond donors (Lipinski definition) is 0. The summed E-state index contributed by atoms with van der Waals surface area (Å²) in [6.45, 7) is 2.83. The van der Waals surface area contributed by atoms with Gasteiger partial charge in [-0.2, -0.15) is 5.26 Å². The first kappa shape index (κ1) is 15.8. The van der Waals surface area contributed by atoms with E-state index in [4.69, 9.17) is 4.74 Å². The zero-order valence-electron chi connectivity index (χ0n) is 13.1. The summed E-state index contributed by atoms with van der Waals surface area (Å²) in [5, 5.41) is 9.28. The summed E-state index contributed by atoms with van der Waals surface area (Å²) in [6, 6.07) is 10.7. The van der Waals surface area contributed by atoms with Crippen molar-refractivity contribution in [2.75, 3.05) is 31.2 Å². The van der Waals surface area contributed by atoms with Gasteiger partial charge in [-0.1, -0.05) is 30.3 Å². The average Bonchev–Trinajstić information content (AvgIpc) is 2.67. The molecule has 3 rings (SSSR count). The number of carbonyl (C=O) groups is 1. The van der Waals surface area contributed by atoms with Gasteiger partial charge in [-0.05, 0) is 6.08 Å². The van der Waals surface area contributed by atoms with Gasteiger partial charge in [0, 0.05) is 36.6 Å². The van der Waals surface area contributed by atoms with Crippen LogP contribution in [0.2, 0.25) is 0 Å². The number of Topliss-reactive ketones (excluding diaryl/α,β-unsaturated/α-hetero) is 1. The summed E-state index contributed by atoms with van der Waals surface area (Å²) in [7, 11) is 0. The predicted molar refractivity (Wildman–Crippen MR) is 89.4 cm³/mol. The Bertz CT molecular complexity index is 773. The number of ketones is 1. The van der Waals surface area contributed by atoms with Crippen LogP contribution in [0.3, 0.4) is 0 Å². The zero-order valence-corrected chi connectivity index (χ0v) is 13.1. The molecule has 0 spiro atoms. The minimum absolute atomic E-state index is 0.0592. The van der Waals surface area contributed by atoms with E-state index >= 15 is 0 Å². The van der Waals surface area contributed by atoms with Gasteiger partial charge >= 0.3 is 0 Å². The van der Waals surface area contributed by atoms with Crippen LogP contribution in [-0.4, -0.2) is 42.1 Å². The molecule has 0 unspecified atom stereocenters. The highest BCUT2D eigenvalue weighted by Crippen LogP contribution is 2.14. The van der Waals surface area contributed by atoms with Gasteiger partial charge in [0.2, 0.25) is 11.7 Å². The molecule has 120 valence electrons. The molecular formula is C18H16N4O2. The second-order valence-electron chi connectivity index (χ2n) is 5.28.